The zero-order chi connectivity index (χ0) is 21.9. The summed E-state index contributed by atoms with van der Waals surface area (Å²) in [5, 5.41) is 11.2. The summed E-state index contributed by atoms with van der Waals surface area (Å²) in [7, 11) is 3.46. The number of halogens is 6. The number of hydrogen-bond donors (Lipinski definition) is 3. The highest BCUT2D eigenvalue weighted by Gasteiger charge is 2.50. The summed E-state index contributed by atoms with van der Waals surface area (Å²) in [6, 6.07) is 0.537. The van der Waals surface area contributed by atoms with Crippen molar-refractivity contribution in [3.05, 3.63) is 23.0 Å². The number of aliphatic hydroxyl groups is 1. The lowest BCUT2D eigenvalue weighted by Gasteiger charge is -2.26. The Bertz CT molecular complexity index is 702. The number of nitrogens with zero attached hydrogens (tertiary/aromatic N) is 2. The normalized spacial score (nSPS) is 14.8. The molecular formula is C16H22F6N4O2. The SMILES string of the molecule is CN(C)CCCc1nc(C(=O)NC[C@](C)(O)C(F)(F)F)c(N)cc1C(F)(F)F. The average molecular weight is 416 g/mol. The minimum Gasteiger partial charge on any atom is -0.397 e. The van der Waals surface area contributed by atoms with Gasteiger partial charge in [-0.05, 0) is 46.5 Å². The number of nitrogens with two attached hydrogens (primary N) is 1. The molecule has 0 bridgehead atoms. The first-order valence-corrected chi connectivity index (χ1v) is 8.15. The quantitative estimate of drug-likeness (QED) is 0.593. The van der Waals surface area contributed by atoms with Crippen molar-refractivity contribution in [3.8, 4) is 0 Å². The second kappa shape index (κ2) is 8.52. The van der Waals surface area contributed by atoms with Crippen molar-refractivity contribution < 1.29 is 36.2 Å². The Morgan fingerprint density at radius 3 is 2.29 bits per heavy atom. The smallest absolute Gasteiger partial charge is 0.397 e. The molecule has 0 aliphatic carbocycles. The van der Waals surface area contributed by atoms with Crippen molar-refractivity contribution in [3.63, 3.8) is 0 Å². The number of nitrogens with one attached hydrogen (secondary N) is 1. The third-order valence-electron chi connectivity index (χ3n) is 3.87. The molecule has 0 radical (unpaired) electrons. The van der Waals surface area contributed by atoms with E-state index in [4.69, 9.17) is 5.73 Å². The first kappa shape index (κ1) is 24.0. The van der Waals surface area contributed by atoms with E-state index in [0.717, 1.165) is 0 Å². The van der Waals surface area contributed by atoms with Crippen LogP contribution in [-0.4, -0.2) is 59.9 Å². The van der Waals surface area contributed by atoms with Gasteiger partial charge in [-0.2, -0.15) is 26.3 Å². The molecule has 12 heteroatoms. The monoisotopic (exact) mass is 416 g/mol. The average Bonchev–Trinajstić information content (AvgIpc) is 2.51. The van der Waals surface area contributed by atoms with Gasteiger partial charge in [0.1, 0.15) is 0 Å². The number of amides is 1. The van der Waals surface area contributed by atoms with E-state index in [1.54, 1.807) is 24.3 Å². The number of aryl methyl sites for hydroxylation is 1. The Kier molecular flexibility index (Phi) is 7.29. The van der Waals surface area contributed by atoms with Crippen LogP contribution in [0.4, 0.5) is 32.0 Å². The van der Waals surface area contributed by atoms with E-state index in [1.165, 1.54) is 0 Å². The Hall–Kier alpha value is -2.08. The first-order valence-electron chi connectivity index (χ1n) is 8.15. The van der Waals surface area contributed by atoms with E-state index >= 15 is 0 Å². The van der Waals surface area contributed by atoms with Crippen LogP contribution >= 0.6 is 0 Å². The Balaban J connectivity index is 3.13. The van der Waals surface area contributed by atoms with Gasteiger partial charge in [0.05, 0.1) is 23.5 Å². The molecule has 1 aromatic heterocycles. The van der Waals surface area contributed by atoms with E-state index < -0.39 is 53.0 Å². The lowest BCUT2D eigenvalue weighted by Crippen LogP contribution is -2.51. The van der Waals surface area contributed by atoms with E-state index in [0.29, 0.717) is 26.0 Å². The molecule has 0 fully saturated rings. The molecule has 0 saturated heterocycles. The molecule has 0 aliphatic rings. The van der Waals surface area contributed by atoms with Crippen LogP contribution in [0.1, 0.15) is 35.1 Å². The number of carbonyl (C=O) groups is 1. The predicted octanol–water partition coefficient (Wildman–Crippen LogP) is 2.22. The lowest BCUT2D eigenvalue weighted by molar-refractivity contribution is -0.249. The molecule has 0 aromatic carbocycles. The van der Waals surface area contributed by atoms with E-state index in [9.17, 15) is 36.2 Å². The molecule has 1 heterocycles. The third kappa shape index (κ3) is 6.23. The highest BCUT2D eigenvalue weighted by Crippen LogP contribution is 2.34. The summed E-state index contributed by atoms with van der Waals surface area (Å²) >= 11 is 0. The summed E-state index contributed by atoms with van der Waals surface area (Å²) in [6.45, 7) is -0.309. The highest BCUT2D eigenvalue weighted by atomic mass is 19.4. The fourth-order valence-corrected chi connectivity index (χ4v) is 2.18. The highest BCUT2D eigenvalue weighted by molar-refractivity contribution is 5.97. The molecule has 1 rings (SSSR count). The molecule has 0 saturated carbocycles. The lowest BCUT2D eigenvalue weighted by atomic mass is 10.1. The molecule has 1 atom stereocenters. The number of alkyl halides is 6. The van der Waals surface area contributed by atoms with Gasteiger partial charge in [0.25, 0.3) is 5.91 Å². The largest absolute Gasteiger partial charge is 0.418 e. The summed E-state index contributed by atoms with van der Waals surface area (Å²) in [6.07, 6.45) is -9.59. The van der Waals surface area contributed by atoms with Crippen molar-refractivity contribution in [1.29, 1.82) is 0 Å². The second-order valence-electron chi connectivity index (χ2n) is 6.78. The number of pyridine rings is 1. The van der Waals surface area contributed by atoms with Gasteiger partial charge in [-0.3, -0.25) is 4.79 Å². The van der Waals surface area contributed by atoms with Gasteiger partial charge in [0.15, 0.2) is 11.3 Å². The maximum absolute atomic E-state index is 13.2. The maximum atomic E-state index is 13.2. The van der Waals surface area contributed by atoms with Gasteiger partial charge < -0.3 is 21.1 Å². The minimum atomic E-state index is -5.02. The Morgan fingerprint density at radius 2 is 1.82 bits per heavy atom. The van der Waals surface area contributed by atoms with Crippen molar-refractivity contribution in [2.24, 2.45) is 0 Å². The number of hydrogen-bond acceptors (Lipinski definition) is 5. The summed E-state index contributed by atoms with van der Waals surface area (Å²) < 4.78 is 77.6. The fourth-order valence-electron chi connectivity index (χ4n) is 2.18. The maximum Gasteiger partial charge on any atom is 0.418 e. The zero-order valence-electron chi connectivity index (χ0n) is 15.5. The number of rotatable bonds is 7. The van der Waals surface area contributed by atoms with Gasteiger partial charge in [0, 0.05) is 0 Å². The predicted molar refractivity (Wildman–Crippen MR) is 89.5 cm³/mol. The van der Waals surface area contributed by atoms with Crippen LogP contribution in [0, 0.1) is 0 Å². The molecule has 0 aliphatic heterocycles. The van der Waals surface area contributed by atoms with Gasteiger partial charge in [-0.15, -0.1) is 0 Å². The van der Waals surface area contributed by atoms with Crippen LogP contribution in [0.3, 0.4) is 0 Å². The Morgan fingerprint density at radius 1 is 1.25 bits per heavy atom. The number of nitrogen functional groups attached to an aromatic ring is 1. The minimum absolute atomic E-state index is 0.117. The number of aromatic nitrogens is 1. The molecule has 1 amide bonds. The standard InChI is InChI=1S/C16H22F6N4O2/c1-14(28,16(20,21)22)8-24-13(27)12-10(23)7-9(15(17,18)19)11(25-12)5-4-6-26(2)3/h7,28H,4-6,8,23H2,1-3H3,(H,24,27)/t14-/m0/s1. The van der Waals surface area contributed by atoms with Crippen LogP contribution < -0.4 is 11.1 Å². The number of carbonyl (C=O) groups excluding carboxylic acids is 1. The van der Waals surface area contributed by atoms with Crippen LogP contribution in [0.15, 0.2) is 6.07 Å². The molecular weight excluding hydrogens is 394 g/mol. The van der Waals surface area contributed by atoms with Gasteiger partial charge in [0.2, 0.25) is 0 Å². The van der Waals surface area contributed by atoms with E-state index in [-0.39, 0.29) is 6.42 Å². The van der Waals surface area contributed by atoms with Crippen LogP contribution in [-0.2, 0) is 12.6 Å². The molecule has 1 aromatic rings. The molecule has 4 N–H and O–H groups in total. The third-order valence-corrected chi connectivity index (χ3v) is 3.87. The van der Waals surface area contributed by atoms with Crippen LogP contribution in [0.5, 0.6) is 0 Å². The molecule has 28 heavy (non-hydrogen) atoms. The summed E-state index contributed by atoms with van der Waals surface area (Å²) in [4.78, 5) is 17.5. The fraction of sp³-hybridized carbons (Fsp3) is 0.625. The first-order chi connectivity index (χ1) is 12.6. The van der Waals surface area contributed by atoms with Gasteiger partial charge in [-0.25, -0.2) is 4.98 Å². The van der Waals surface area contributed by atoms with E-state index in [2.05, 4.69) is 4.98 Å². The topological polar surface area (TPSA) is 91.5 Å². The summed E-state index contributed by atoms with van der Waals surface area (Å²) in [5.74, 6) is -1.22. The molecule has 160 valence electrons. The molecule has 6 nitrogen and oxygen atoms in total. The van der Waals surface area contributed by atoms with Crippen molar-refractivity contribution in [2.75, 3.05) is 32.9 Å². The van der Waals surface area contributed by atoms with Crippen LogP contribution in [0.25, 0.3) is 0 Å². The summed E-state index contributed by atoms with van der Waals surface area (Å²) in [5.41, 5.74) is -0.559. The van der Waals surface area contributed by atoms with Gasteiger partial charge >= 0.3 is 12.4 Å². The van der Waals surface area contributed by atoms with Gasteiger partial charge in [-0.1, -0.05) is 0 Å². The molecule has 0 spiro atoms. The van der Waals surface area contributed by atoms with Crippen molar-refractivity contribution in [2.45, 2.75) is 37.7 Å². The Labute approximate surface area is 157 Å². The zero-order valence-corrected chi connectivity index (χ0v) is 15.5. The number of anilines is 1. The van der Waals surface area contributed by atoms with E-state index in [1.807, 2.05) is 0 Å². The van der Waals surface area contributed by atoms with Crippen molar-refractivity contribution >= 4 is 11.6 Å². The van der Waals surface area contributed by atoms with Crippen molar-refractivity contribution in [1.82, 2.24) is 15.2 Å². The van der Waals surface area contributed by atoms with Crippen LogP contribution in [0.2, 0.25) is 0 Å². The molecule has 0 unspecified atom stereocenters. The second-order valence-corrected chi connectivity index (χ2v) is 6.78.